The molecule has 146 valence electrons. The van der Waals surface area contributed by atoms with E-state index in [1.165, 1.54) is 18.4 Å². The van der Waals surface area contributed by atoms with E-state index < -0.39 is 23.5 Å². The van der Waals surface area contributed by atoms with E-state index in [4.69, 9.17) is 4.42 Å². The van der Waals surface area contributed by atoms with E-state index in [2.05, 4.69) is 4.98 Å². The quantitative estimate of drug-likeness (QED) is 0.708. The van der Waals surface area contributed by atoms with Crippen LogP contribution < -0.4 is 0 Å². The number of allylic oxidation sites excluding steroid dienone is 1. The third-order valence-corrected chi connectivity index (χ3v) is 4.54. The molecule has 0 saturated carbocycles. The number of carbonyl (C=O) groups is 2. The number of carbonyl (C=O) groups excluding carboxylic acids is 2. The first-order chi connectivity index (χ1) is 13.5. The second-order valence-corrected chi connectivity index (χ2v) is 6.81. The van der Waals surface area contributed by atoms with E-state index >= 15 is 0 Å². The second kappa shape index (κ2) is 8.67. The fourth-order valence-corrected chi connectivity index (χ4v) is 3.22. The van der Waals surface area contributed by atoms with Gasteiger partial charge >= 0.3 is 0 Å². The van der Waals surface area contributed by atoms with E-state index in [-0.39, 0.29) is 5.57 Å². The Morgan fingerprint density at radius 1 is 1.32 bits per heavy atom. The summed E-state index contributed by atoms with van der Waals surface area (Å²) in [5.74, 6) is -0.948. The van der Waals surface area contributed by atoms with Crippen molar-refractivity contribution in [3.63, 3.8) is 0 Å². The first-order valence-electron chi connectivity index (χ1n) is 9.03. The van der Waals surface area contributed by atoms with E-state index in [1.807, 2.05) is 19.0 Å². The molecule has 0 fully saturated rings. The fraction of sp³-hybridized carbons (Fsp3) is 0.286. The summed E-state index contributed by atoms with van der Waals surface area (Å²) in [6.45, 7) is 1.21. The summed E-state index contributed by atoms with van der Waals surface area (Å²) >= 11 is 0. The summed E-state index contributed by atoms with van der Waals surface area (Å²) in [5.41, 5.74) is 0.802. The second-order valence-electron chi connectivity index (χ2n) is 6.81. The fourth-order valence-electron chi connectivity index (χ4n) is 3.22. The van der Waals surface area contributed by atoms with Crippen LogP contribution in [0.4, 0.5) is 0 Å². The van der Waals surface area contributed by atoms with Crippen molar-refractivity contribution in [2.24, 2.45) is 0 Å². The first kappa shape index (κ1) is 19.6. The van der Waals surface area contributed by atoms with Crippen LogP contribution in [-0.2, 0) is 9.59 Å². The third kappa shape index (κ3) is 4.20. The molecular formula is C21H23N3O4. The van der Waals surface area contributed by atoms with Gasteiger partial charge < -0.3 is 19.3 Å². The lowest BCUT2D eigenvalue weighted by Crippen LogP contribution is -2.33. The summed E-state index contributed by atoms with van der Waals surface area (Å²) in [6.07, 6.45) is 8.27. The normalized spacial score (nSPS) is 17.3. The van der Waals surface area contributed by atoms with Gasteiger partial charge in [-0.2, -0.15) is 0 Å². The zero-order chi connectivity index (χ0) is 20.1. The highest BCUT2D eigenvalue weighted by Crippen LogP contribution is 2.37. The number of aliphatic hydroxyl groups is 1. The van der Waals surface area contributed by atoms with Gasteiger partial charge in [0.2, 0.25) is 0 Å². The minimum Gasteiger partial charge on any atom is -0.503 e. The first-order valence-corrected chi connectivity index (χ1v) is 9.03. The molecule has 0 spiro atoms. The number of aliphatic hydroxyl groups excluding tert-OH is 1. The Morgan fingerprint density at radius 2 is 2.07 bits per heavy atom. The molecule has 0 radical (unpaired) electrons. The van der Waals surface area contributed by atoms with Crippen LogP contribution >= 0.6 is 0 Å². The molecule has 0 bridgehead atoms. The van der Waals surface area contributed by atoms with Gasteiger partial charge in [-0.15, -0.1) is 0 Å². The lowest BCUT2D eigenvalue weighted by atomic mass is 9.96. The average molecular weight is 381 g/mol. The predicted octanol–water partition coefficient (Wildman–Crippen LogP) is 2.60. The number of aromatic nitrogens is 1. The highest BCUT2D eigenvalue weighted by atomic mass is 16.3. The number of furan rings is 1. The smallest absolute Gasteiger partial charge is 0.290 e. The number of nitrogens with zero attached hydrogens (tertiary/aromatic N) is 3. The average Bonchev–Trinajstić information content (AvgIpc) is 3.29. The molecule has 1 aliphatic rings. The van der Waals surface area contributed by atoms with E-state index in [9.17, 15) is 14.7 Å². The zero-order valence-corrected chi connectivity index (χ0v) is 15.9. The molecule has 3 rings (SSSR count). The summed E-state index contributed by atoms with van der Waals surface area (Å²) in [5, 5.41) is 10.5. The molecule has 0 saturated heterocycles. The summed E-state index contributed by atoms with van der Waals surface area (Å²) in [7, 11) is 3.91. The summed E-state index contributed by atoms with van der Waals surface area (Å²) in [4.78, 5) is 33.1. The van der Waals surface area contributed by atoms with E-state index in [0.717, 1.165) is 18.5 Å². The van der Waals surface area contributed by atoms with Crippen molar-refractivity contribution in [2.75, 3.05) is 27.2 Å². The number of pyridine rings is 1. The van der Waals surface area contributed by atoms with Crippen LogP contribution in [0.15, 0.2) is 64.7 Å². The lowest BCUT2D eigenvalue weighted by Gasteiger charge is -2.27. The number of rotatable bonds is 8. The molecule has 2 aromatic heterocycles. The lowest BCUT2D eigenvalue weighted by molar-refractivity contribution is -0.129. The molecule has 0 aromatic carbocycles. The molecule has 0 aliphatic carbocycles. The van der Waals surface area contributed by atoms with Gasteiger partial charge in [0.25, 0.3) is 5.91 Å². The molecular weight excluding hydrogens is 358 g/mol. The van der Waals surface area contributed by atoms with Crippen LogP contribution in [0.1, 0.15) is 23.8 Å². The highest BCUT2D eigenvalue weighted by molar-refractivity contribution is 6.14. The Morgan fingerprint density at radius 3 is 2.71 bits per heavy atom. The van der Waals surface area contributed by atoms with Crippen LogP contribution in [0.25, 0.3) is 6.08 Å². The highest BCUT2D eigenvalue weighted by Gasteiger charge is 2.42. The zero-order valence-electron chi connectivity index (χ0n) is 15.9. The molecule has 1 atom stereocenters. The molecule has 1 aliphatic heterocycles. The summed E-state index contributed by atoms with van der Waals surface area (Å²) < 4.78 is 5.19. The maximum atomic E-state index is 12.9. The van der Waals surface area contributed by atoms with Gasteiger partial charge in [-0.1, -0.05) is 0 Å². The number of amides is 1. The Labute approximate surface area is 163 Å². The predicted molar refractivity (Wildman–Crippen MR) is 104 cm³/mol. The van der Waals surface area contributed by atoms with Crippen LogP contribution in [0.5, 0.6) is 0 Å². The largest absolute Gasteiger partial charge is 0.503 e. The van der Waals surface area contributed by atoms with Crippen molar-refractivity contribution in [1.82, 2.24) is 14.8 Å². The van der Waals surface area contributed by atoms with Gasteiger partial charge in [-0.25, -0.2) is 0 Å². The van der Waals surface area contributed by atoms with Gasteiger partial charge in [0, 0.05) is 18.9 Å². The van der Waals surface area contributed by atoms with Crippen molar-refractivity contribution in [3.8, 4) is 0 Å². The van der Waals surface area contributed by atoms with E-state index in [0.29, 0.717) is 12.3 Å². The molecule has 7 heteroatoms. The molecule has 2 aromatic rings. The van der Waals surface area contributed by atoms with Crippen molar-refractivity contribution >= 4 is 17.8 Å². The molecule has 3 heterocycles. The van der Waals surface area contributed by atoms with Gasteiger partial charge in [-0.3, -0.25) is 14.6 Å². The van der Waals surface area contributed by atoms with Gasteiger partial charge in [0.1, 0.15) is 5.76 Å². The van der Waals surface area contributed by atoms with Gasteiger partial charge in [0.05, 0.1) is 17.9 Å². The molecule has 7 nitrogen and oxygen atoms in total. The molecule has 1 N–H and O–H groups in total. The summed E-state index contributed by atoms with van der Waals surface area (Å²) in [6, 6.07) is 6.28. The molecule has 1 unspecified atom stereocenters. The monoisotopic (exact) mass is 381 g/mol. The van der Waals surface area contributed by atoms with Crippen LogP contribution in [0.3, 0.4) is 0 Å². The maximum absolute atomic E-state index is 12.9. The Bertz CT molecular complexity index is 886. The third-order valence-electron chi connectivity index (χ3n) is 4.54. The standard InChI is InChI=1S/C21H23N3O4/c1-23(2)12-4-13-24-19(15-8-10-22-11-9-15)18(20(26)21(24)27)17(25)7-6-16-5-3-14-28-16/h3,5-11,14,19,26H,4,12-13H2,1-2H3. The van der Waals surface area contributed by atoms with Crippen molar-refractivity contribution in [1.29, 1.82) is 0 Å². The molecule has 1 amide bonds. The van der Waals surface area contributed by atoms with Crippen molar-refractivity contribution < 1.29 is 19.1 Å². The number of hydrogen-bond acceptors (Lipinski definition) is 6. The van der Waals surface area contributed by atoms with E-state index in [1.54, 1.807) is 41.6 Å². The topological polar surface area (TPSA) is 86.9 Å². The van der Waals surface area contributed by atoms with Gasteiger partial charge in [0.15, 0.2) is 11.5 Å². The van der Waals surface area contributed by atoms with Crippen molar-refractivity contribution in [3.05, 3.63) is 71.7 Å². The SMILES string of the molecule is CN(C)CCCN1C(=O)C(O)=C(C(=O)C=Cc2ccco2)C1c1ccncc1. The maximum Gasteiger partial charge on any atom is 0.290 e. The molecule has 28 heavy (non-hydrogen) atoms. The minimum atomic E-state index is -0.647. The van der Waals surface area contributed by atoms with Crippen LogP contribution in [0, 0.1) is 0 Å². The van der Waals surface area contributed by atoms with Crippen molar-refractivity contribution in [2.45, 2.75) is 12.5 Å². The Kier molecular flexibility index (Phi) is 6.06. The number of hydrogen-bond donors (Lipinski definition) is 1. The Hall–Kier alpha value is -3.19. The van der Waals surface area contributed by atoms with Gasteiger partial charge in [-0.05, 0) is 69.0 Å². The minimum absolute atomic E-state index is 0.0730. The van der Waals surface area contributed by atoms with Crippen LogP contribution in [0.2, 0.25) is 0 Å². The van der Waals surface area contributed by atoms with Crippen LogP contribution in [-0.4, -0.2) is 58.8 Å². The number of ketones is 1. The Balaban J connectivity index is 1.91.